The van der Waals surface area contributed by atoms with Crippen LogP contribution < -0.4 is 10.1 Å². The van der Waals surface area contributed by atoms with E-state index in [0.717, 1.165) is 43.9 Å². The van der Waals surface area contributed by atoms with E-state index in [1.54, 1.807) is 20.4 Å². The highest BCUT2D eigenvalue weighted by Gasteiger charge is 2.30. The molecule has 1 N–H and O–H groups in total. The SMILES string of the molecule is COCCC(=O)N[C@H](c1ccccn1)[C@@H]1CCCN(Cc2cc(C)ccc2OC)C1. The van der Waals surface area contributed by atoms with Crippen molar-refractivity contribution < 1.29 is 14.3 Å². The highest BCUT2D eigenvalue weighted by molar-refractivity contribution is 5.76. The van der Waals surface area contributed by atoms with E-state index in [9.17, 15) is 4.79 Å². The van der Waals surface area contributed by atoms with Crippen LogP contribution in [0.3, 0.4) is 0 Å². The van der Waals surface area contributed by atoms with Crippen LogP contribution in [0.25, 0.3) is 0 Å². The summed E-state index contributed by atoms with van der Waals surface area (Å²) >= 11 is 0. The average Bonchev–Trinajstić information content (AvgIpc) is 2.77. The Bertz CT molecular complexity index is 813. The summed E-state index contributed by atoms with van der Waals surface area (Å²) in [6, 6.07) is 12.1. The molecular formula is C24H33N3O3. The summed E-state index contributed by atoms with van der Waals surface area (Å²) in [4.78, 5) is 19.5. The van der Waals surface area contributed by atoms with Crippen molar-refractivity contribution in [1.82, 2.24) is 15.2 Å². The number of carbonyl (C=O) groups excluding carboxylic acids is 1. The standard InChI is InChI=1S/C24H33N3O3/c1-18-9-10-22(30-3)20(15-18)17-27-13-6-7-19(16-27)24(21-8-4-5-12-25-21)26-23(28)11-14-29-2/h4-5,8-10,12,15,19,24H,6-7,11,13-14,16-17H2,1-3H3,(H,26,28)/t19-,24+/m1/s1. The first-order valence-electron chi connectivity index (χ1n) is 10.7. The smallest absolute Gasteiger partial charge is 0.222 e. The van der Waals surface area contributed by atoms with Gasteiger partial charge < -0.3 is 14.8 Å². The lowest BCUT2D eigenvalue weighted by Gasteiger charge is -2.37. The quantitative estimate of drug-likeness (QED) is 0.684. The molecule has 1 aliphatic rings. The van der Waals surface area contributed by atoms with Gasteiger partial charge in [-0.15, -0.1) is 0 Å². The Kier molecular flexibility index (Phi) is 8.22. The molecule has 2 atom stereocenters. The number of nitrogens with zero attached hydrogens (tertiary/aromatic N) is 2. The number of hydrogen-bond acceptors (Lipinski definition) is 5. The van der Waals surface area contributed by atoms with Gasteiger partial charge in [-0.2, -0.15) is 0 Å². The lowest BCUT2D eigenvalue weighted by molar-refractivity contribution is -0.123. The fraction of sp³-hybridized carbons (Fsp3) is 0.500. The fourth-order valence-electron chi connectivity index (χ4n) is 4.21. The van der Waals surface area contributed by atoms with Crippen LogP contribution in [0.15, 0.2) is 42.6 Å². The van der Waals surface area contributed by atoms with E-state index in [-0.39, 0.29) is 11.9 Å². The fourth-order valence-corrected chi connectivity index (χ4v) is 4.21. The largest absolute Gasteiger partial charge is 0.496 e. The number of hydrogen-bond donors (Lipinski definition) is 1. The zero-order valence-electron chi connectivity index (χ0n) is 18.3. The summed E-state index contributed by atoms with van der Waals surface area (Å²) in [6.07, 6.45) is 4.31. The normalized spacial score (nSPS) is 18.0. The van der Waals surface area contributed by atoms with Crippen molar-refractivity contribution >= 4 is 5.91 Å². The van der Waals surface area contributed by atoms with Crippen LogP contribution in [0.4, 0.5) is 0 Å². The van der Waals surface area contributed by atoms with Gasteiger partial charge in [-0.05, 0) is 50.4 Å². The van der Waals surface area contributed by atoms with Crippen LogP contribution in [0.5, 0.6) is 5.75 Å². The summed E-state index contributed by atoms with van der Waals surface area (Å²) in [7, 11) is 3.34. The molecular weight excluding hydrogens is 378 g/mol. The molecule has 2 aromatic rings. The Hall–Kier alpha value is -2.44. The van der Waals surface area contributed by atoms with E-state index in [1.165, 1.54) is 11.1 Å². The molecule has 3 rings (SSSR count). The highest BCUT2D eigenvalue weighted by Crippen LogP contribution is 2.31. The summed E-state index contributed by atoms with van der Waals surface area (Å²) in [5.74, 6) is 1.23. The van der Waals surface area contributed by atoms with Gasteiger partial charge in [0.15, 0.2) is 0 Å². The zero-order chi connectivity index (χ0) is 21.3. The molecule has 6 heteroatoms. The molecule has 0 radical (unpaired) electrons. The predicted octanol–water partition coefficient (Wildman–Crippen LogP) is 3.50. The maximum Gasteiger partial charge on any atom is 0.222 e. The van der Waals surface area contributed by atoms with Crippen molar-refractivity contribution in [2.45, 2.75) is 38.8 Å². The minimum absolute atomic E-state index is 0.00461. The molecule has 1 aliphatic heterocycles. The number of pyridine rings is 1. The van der Waals surface area contributed by atoms with Crippen molar-refractivity contribution in [3.8, 4) is 5.75 Å². The molecule has 162 valence electrons. The topological polar surface area (TPSA) is 63.7 Å². The van der Waals surface area contributed by atoms with Gasteiger partial charge in [-0.1, -0.05) is 23.8 Å². The Morgan fingerprint density at radius 2 is 2.17 bits per heavy atom. The Morgan fingerprint density at radius 1 is 1.30 bits per heavy atom. The van der Waals surface area contributed by atoms with Crippen LogP contribution >= 0.6 is 0 Å². The number of likely N-dealkylation sites (tertiary alicyclic amines) is 1. The van der Waals surface area contributed by atoms with E-state index in [2.05, 4.69) is 34.3 Å². The van der Waals surface area contributed by atoms with E-state index < -0.39 is 0 Å². The summed E-state index contributed by atoms with van der Waals surface area (Å²) in [5.41, 5.74) is 3.36. The van der Waals surface area contributed by atoms with Gasteiger partial charge >= 0.3 is 0 Å². The minimum atomic E-state index is -0.0993. The highest BCUT2D eigenvalue weighted by atomic mass is 16.5. The van der Waals surface area contributed by atoms with Crippen LogP contribution in [-0.4, -0.2) is 49.7 Å². The Balaban J connectivity index is 1.74. The Morgan fingerprint density at radius 3 is 2.90 bits per heavy atom. The lowest BCUT2D eigenvalue weighted by atomic mass is 9.88. The molecule has 0 spiro atoms. The van der Waals surface area contributed by atoms with Gasteiger partial charge in [-0.3, -0.25) is 14.7 Å². The molecule has 2 heterocycles. The molecule has 6 nitrogen and oxygen atoms in total. The molecule has 1 amide bonds. The third kappa shape index (κ3) is 6.03. The second kappa shape index (κ2) is 11.1. The van der Waals surface area contributed by atoms with Gasteiger partial charge in [0.05, 0.1) is 25.5 Å². The molecule has 1 fully saturated rings. The molecule has 0 unspecified atom stereocenters. The van der Waals surface area contributed by atoms with Crippen molar-refractivity contribution in [3.05, 3.63) is 59.4 Å². The second-order valence-electron chi connectivity index (χ2n) is 8.00. The maximum absolute atomic E-state index is 12.5. The molecule has 0 saturated carbocycles. The third-order valence-electron chi connectivity index (χ3n) is 5.70. The summed E-state index contributed by atoms with van der Waals surface area (Å²) in [5, 5.41) is 3.22. The van der Waals surface area contributed by atoms with E-state index in [4.69, 9.17) is 9.47 Å². The van der Waals surface area contributed by atoms with Crippen molar-refractivity contribution in [1.29, 1.82) is 0 Å². The van der Waals surface area contributed by atoms with Crippen molar-refractivity contribution in [2.75, 3.05) is 33.9 Å². The monoisotopic (exact) mass is 411 g/mol. The number of piperidine rings is 1. The van der Waals surface area contributed by atoms with E-state index in [1.807, 2.05) is 24.3 Å². The minimum Gasteiger partial charge on any atom is -0.496 e. The first-order valence-corrected chi connectivity index (χ1v) is 10.7. The molecule has 30 heavy (non-hydrogen) atoms. The number of ether oxygens (including phenoxy) is 2. The number of aryl methyl sites for hydroxylation is 1. The van der Waals surface area contributed by atoms with Gasteiger partial charge in [0, 0.05) is 38.4 Å². The average molecular weight is 412 g/mol. The maximum atomic E-state index is 12.5. The number of benzene rings is 1. The van der Waals surface area contributed by atoms with Crippen molar-refractivity contribution in [2.24, 2.45) is 5.92 Å². The zero-order valence-corrected chi connectivity index (χ0v) is 18.3. The Labute approximate surface area is 179 Å². The number of nitrogens with one attached hydrogen (secondary N) is 1. The van der Waals surface area contributed by atoms with Gasteiger partial charge in [0.1, 0.15) is 5.75 Å². The van der Waals surface area contributed by atoms with Gasteiger partial charge in [-0.25, -0.2) is 0 Å². The number of methoxy groups -OCH3 is 2. The molecule has 1 aromatic carbocycles. The predicted molar refractivity (Wildman–Crippen MR) is 117 cm³/mol. The van der Waals surface area contributed by atoms with Crippen LogP contribution in [0, 0.1) is 12.8 Å². The first-order chi connectivity index (χ1) is 14.6. The van der Waals surface area contributed by atoms with Crippen LogP contribution in [-0.2, 0) is 16.1 Å². The molecule has 0 bridgehead atoms. The van der Waals surface area contributed by atoms with E-state index in [0.29, 0.717) is 18.9 Å². The molecule has 1 aromatic heterocycles. The first kappa shape index (κ1) is 22.2. The lowest BCUT2D eigenvalue weighted by Crippen LogP contribution is -2.43. The second-order valence-corrected chi connectivity index (χ2v) is 8.00. The molecule has 0 aliphatic carbocycles. The number of aromatic nitrogens is 1. The van der Waals surface area contributed by atoms with Crippen LogP contribution in [0.2, 0.25) is 0 Å². The van der Waals surface area contributed by atoms with E-state index >= 15 is 0 Å². The van der Waals surface area contributed by atoms with Gasteiger partial charge in [0.2, 0.25) is 5.91 Å². The number of amides is 1. The third-order valence-corrected chi connectivity index (χ3v) is 5.70. The molecule has 1 saturated heterocycles. The number of rotatable bonds is 9. The van der Waals surface area contributed by atoms with Crippen molar-refractivity contribution in [3.63, 3.8) is 0 Å². The van der Waals surface area contributed by atoms with Gasteiger partial charge in [0.25, 0.3) is 0 Å². The van der Waals surface area contributed by atoms with Crippen LogP contribution in [0.1, 0.15) is 42.1 Å². The summed E-state index contributed by atoms with van der Waals surface area (Å²) < 4.78 is 10.6. The summed E-state index contributed by atoms with van der Waals surface area (Å²) in [6.45, 7) is 5.32. The number of carbonyl (C=O) groups is 1.